The number of fused-ring (bicyclic) bond motifs is 1. The molecule has 0 spiro atoms. The molecule has 0 fully saturated rings. The van der Waals surface area contributed by atoms with Crippen LogP contribution in [0.2, 0.25) is 0 Å². The third-order valence-corrected chi connectivity index (χ3v) is 4.65. The zero-order chi connectivity index (χ0) is 20.1. The number of hydrogen-bond donors (Lipinski definition) is 2. The molecule has 28 heavy (non-hydrogen) atoms. The number of phenolic OH excluding ortho intramolecular Hbond substituents is 1. The molecule has 3 rings (SSSR count). The molecule has 3 aromatic rings. The lowest BCUT2D eigenvalue weighted by Gasteiger charge is -2.09. The van der Waals surface area contributed by atoms with Gasteiger partial charge in [0.25, 0.3) is 5.91 Å². The van der Waals surface area contributed by atoms with Crippen LogP contribution < -0.4 is 14.9 Å². The van der Waals surface area contributed by atoms with E-state index in [0.717, 1.165) is 10.8 Å². The van der Waals surface area contributed by atoms with Crippen molar-refractivity contribution in [2.45, 2.75) is 6.92 Å². The molecule has 1 amide bonds. The molecular weight excluding hydrogens is 424 g/mol. The van der Waals surface area contributed by atoms with E-state index in [2.05, 4.69) is 26.5 Å². The Balaban J connectivity index is 1.81. The van der Waals surface area contributed by atoms with Crippen LogP contribution in [0.1, 0.15) is 22.8 Å². The van der Waals surface area contributed by atoms with E-state index in [1.165, 1.54) is 13.3 Å². The van der Waals surface area contributed by atoms with Gasteiger partial charge in [-0.3, -0.25) is 4.79 Å². The molecule has 0 aliphatic heterocycles. The molecule has 0 unspecified atom stereocenters. The Bertz CT molecular complexity index is 1050. The first-order valence-corrected chi connectivity index (χ1v) is 9.38. The summed E-state index contributed by atoms with van der Waals surface area (Å²) in [5.41, 5.74) is 3.55. The lowest BCUT2D eigenvalue weighted by molar-refractivity contribution is 0.0952. The van der Waals surface area contributed by atoms with Crippen LogP contribution in [-0.4, -0.2) is 30.9 Å². The quantitative estimate of drug-likeness (QED) is 0.435. The molecule has 0 atom stereocenters. The van der Waals surface area contributed by atoms with Gasteiger partial charge in [0.2, 0.25) is 0 Å². The molecule has 0 aliphatic rings. The number of rotatable bonds is 6. The number of aromatic hydroxyl groups is 1. The molecule has 0 radical (unpaired) electrons. The predicted octanol–water partition coefficient (Wildman–Crippen LogP) is 4.48. The highest BCUT2D eigenvalue weighted by molar-refractivity contribution is 9.10. The normalized spacial score (nSPS) is 11.0. The number of nitrogens with zero attached hydrogens (tertiary/aromatic N) is 1. The molecule has 0 aromatic heterocycles. The van der Waals surface area contributed by atoms with Crippen molar-refractivity contribution >= 4 is 38.8 Å². The predicted molar refractivity (Wildman–Crippen MR) is 113 cm³/mol. The minimum absolute atomic E-state index is 0.0175. The summed E-state index contributed by atoms with van der Waals surface area (Å²) in [4.78, 5) is 12.6. The van der Waals surface area contributed by atoms with E-state index in [1.807, 2.05) is 37.3 Å². The van der Waals surface area contributed by atoms with Gasteiger partial charge >= 0.3 is 0 Å². The first-order chi connectivity index (χ1) is 13.5. The fraction of sp³-hybridized carbons (Fsp3) is 0.143. The van der Waals surface area contributed by atoms with Gasteiger partial charge < -0.3 is 14.6 Å². The zero-order valence-electron chi connectivity index (χ0n) is 15.4. The highest BCUT2D eigenvalue weighted by Crippen LogP contribution is 2.35. The average Bonchev–Trinajstić information content (AvgIpc) is 2.70. The summed E-state index contributed by atoms with van der Waals surface area (Å²) in [5.74, 6) is 0.434. The van der Waals surface area contributed by atoms with Crippen LogP contribution in [0.15, 0.2) is 58.1 Å². The van der Waals surface area contributed by atoms with Crippen molar-refractivity contribution < 1.29 is 19.4 Å². The Morgan fingerprint density at radius 2 is 1.89 bits per heavy atom. The molecule has 0 heterocycles. The smallest absolute Gasteiger partial charge is 0.275 e. The van der Waals surface area contributed by atoms with E-state index < -0.39 is 0 Å². The topological polar surface area (TPSA) is 80.2 Å². The van der Waals surface area contributed by atoms with E-state index in [9.17, 15) is 9.90 Å². The second kappa shape index (κ2) is 8.75. The van der Waals surface area contributed by atoms with Gasteiger partial charge in [-0.05, 0) is 63.5 Å². The second-order valence-electron chi connectivity index (χ2n) is 5.88. The molecule has 2 N–H and O–H groups in total. The van der Waals surface area contributed by atoms with E-state index >= 15 is 0 Å². The lowest BCUT2D eigenvalue weighted by Crippen LogP contribution is -2.18. The van der Waals surface area contributed by atoms with Crippen LogP contribution in [0.5, 0.6) is 17.2 Å². The maximum Gasteiger partial charge on any atom is 0.275 e. The van der Waals surface area contributed by atoms with Gasteiger partial charge in [0.15, 0.2) is 11.5 Å². The highest BCUT2D eigenvalue weighted by Gasteiger charge is 2.13. The molecule has 3 aromatic carbocycles. The summed E-state index contributed by atoms with van der Waals surface area (Å²) >= 11 is 3.27. The zero-order valence-corrected chi connectivity index (χ0v) is 17.0. The third kappa shape index (κ3) is 4.26. The van der Waals surface area contributed by atoms with Crippen LogP contribution >= 0.6 is 15.9 Å². The Morgan fingerprint density at radius 3 is 2.57 bits per heavy atom. The largest absolute Gasteiger partial charge is 0.503 e. The van der Waals surface area contributed by atoms with Gasteiger partial charge in [0, 0.05) is 0 Å². The second-order valence-corrected chi connectivity index (χ2v) is 6.74. The molecule has 7 heteroatoms. The SMILES string of the molecule is CCOc1cc(C=NNC(=O)c2cc3ccccc3cc2OC)cc(Br)c1O. The number of halogens is 1. The van der Waals surface area contributed by atoms with Gasteiger partial charge in [0.05, 0.1) is 30.0 Å². The summed E-state index contributed by atoms with van der Waals surface area (Å²) in [6.07, 6.45) is 1.47. The Labute approximate surface area is 170 Å². The molecule has 0 saturated heterocycles. The average molecular weight is 443 g/mol. The number of hydrazone groups is 1. The van der Waals surface area contributed by atoms with Crippen molar-refractivity contribution in [3.8, 4) is 17.2 Å². The molecule has 0 saturated carbocycles. The summed E-state index contributed by atoms with van der Waals surface area (Å²) in [5, 5.41) is 15.9. The van der Waals surface area contributed by atoms with Crippen molar-refractivity contribution in [1.29, 1.82) is 0 Å². The van der Waals surface area contributed by atoms with E-state index in [-0.39, 0.29) is 11.7 Å². The minimum atomic E-state index is -0.387. The number of ether oxygens (including phenoxy) is 2. The first kappa shape index (κ1) is 19.7. The first-order valence-electron chi connectivity index (χ1n) is 8.59. The van der Waals surface area contributed by atoms with Gasteiger partial charge in [-0.15, -0.1) is 0 Å². The van der Waals surface area contributed by atoms with Crippen molar-refractivity contribution in [2.75, 3.05) is 13.7 Å². The summed E-state index contributed by atoms with van der Waals surface area (Å²) in [6, 6.07) is 14.6. The number of benzene rings is 3. The van der Waals surface area contributed by atoms with Gasteiger partial charge in [0.1, 0.15) is 5.75 Å². The highest BCUT2D eigenvalue weighted by atomic mass is 79.9. The van der Waals surface area contributed by atoms with E-state index in [1.54, 1.807) is 18.2 Å². The Morgan fingerprint density at radius 1 is 1.18 bits per heavy atom. The maximum atomic E-state index is 12.6. The van der Waals surface area contributed by atoms with Crippen LogP contribution in [0.3, 0.4) is 0 Å². The molecule has 0 aliphatic carbocycles. The van der Waals surface area contributed by atoms with Crippen LogP contribution in [0, 0.1) is 0 Å². The summed E-state index contributed by atoms with van der Waals surface area (Å²) in [6.45, 7) is 2.24. The number of carbonyl (C=O) groups excluding carboxylic acids is 1. The summed E-state index contributed by atoms with van der Waals surface area (Å²) < 4.78 is 11.2. The monoisotopic (exact) mass is 442 g/mol. The Kier molecular flexibility index (Phi) is 6.16. The Hall–Kier alpha value is -3.06. The van der Waals surface area contributed by atoms with Crippen LogP contribution in [0.4, 0.5) is 0 Å². The molecule has 6 nitrogen and oxygen atoms in total. The number of methoxy groups -OCH3 is 1. The fourth-order valence-electron chi connectivity index (χ4n) is 2.73. The lowest BCUT2D eigenvalue weighted by atomic mass is 10.1. The van der Waals surface area contributed by atoms with Crippen LogP contribution in [-0.2, 0) is 0 Å². The van der Waals surface area contributed by atoms with Gasteiger partial charge in [-0.2, -0.15) is 5.10 Å². The van der Waals surface area contributed by atoms with Crippen molar-refractivity contribution in [1.82, 2.24) is 5.43 Å². The molecular formula is C21H19BrN2O4. The van der Waals surface area contributed by atoms with Gasteiger partial charge in [-0.25, -0.2) is 5.43 Å². The number of nitrogens with one attached hydrogen (secondary N) is 1. The number of phenols is 1. The standard InChI is InChI=1S/C21H19BrN2O4/c1-3-28-19-9-13(8-17(22)20(19)25)12-23-24-21(26)16-10-14-6-4-5-7-15(14)11-18(16)27-2/h4-12,25H,3H2,1-2H3,(H,24,26). The minimum Gasteiger partial charge on any atom is -0.503 e. The van der Waals surface area contributed by atoms with E-state index in [4.69, 9.17) is 9.47 Å². The molecule has 0 bridgehead atoms. The van der Waals surface area contributed by atoms with Gasteiger partial charge in [-0.1, -0.05) is 24.3 Å². The number of amides is 1. The van der Waals surface area contributed by atoms with E-state index in [0.29, 0.717) is 33.7 Å². The van der Waals surface area contributed by atoms with Crippen molar-refractivity contribution in [3.05, 3.63) is 64.1 Å². The number of carbonyl (C=O) groups is 1. The third-order valence-electron chi connectivity index (χ3n) is 4.04. The number of hydrogen-bond acceptors (Lipinski definition) is 5. The molecule has 144 valence electrons. The summed E-state index contributed by atoms with van der Waals surface area (Å²) in [7, 11) is 1.52. The van der Waals surface area contributed by atoms with Crippen LogP contribution in [0.25, 0.3) is 10.8 Å². The maximum absolute atomic E-state index is 12.6. The fourth-order valence-corrected chi connectivity index (χ4v) is 3.18. The van der Waals surface area contributed by atoms with Crippen molar-refractivity contribution in [2.24, 2.45) is 5.10 Å². The van der Waals surface area contributed by atoms with Crippen molar-refractivity contribution in [3.63, 3.8) is 0 Å².